The Morgan fingerprint density at radius 1 is 1.05 bits per heavy atom. The molecular formula is C15H18N2O4. The Hall–Kier alpha value is -2.50. The van der Waals surface area contributed by atoms with Crippen molar-refractivity contribution in [1.29, 1.82) is 0 Å². The van der Waals surface area contributed by atoms with E-state index in [1.165, 1.54) is 16.8 Å². The van der Waals surface area contributed by atoms with E-state index in [9.17, 15) is 9.59 Å². The molecule has 0 radical (unpaired) electrons. The number of para-hydroxylation sites is 2. The molecule has 112 valence electrons. The van der Waals surface area contributed by atoms with Crippen LogP contribution in [0.25, 0.3) is 0 Å². The quantitative estimate of drug-likeness (QED) is 0.797. The zero-order valence-electron chi connectivity index (χ0n) is 12.1. The molecule has 1 aromatic heterocycles. The molecule has 0 atom stereocenters. The Morgan fingerprint density at radius 2 is 1.71 bits per heavy atom. The monoisotopic (exact) mass is 290 g/mol. The highest BCUT2D eigenvalue weighted by Gasteiger charge is 2.06. The number of rotatable bonds is 6. The average Bonchev–Trinajstić information content (AvgIpc) is 2.49. The Bertz CT molecular complexity index is 718. The number of aromatic nitrogens is 2. The lowest BCUT2D eigenvalue weighted by molar-refractivity contribution is 0.263. The maximum absolute atomic E-state index is 11.8. The molecule has 2 rings (SSSR count). The van der Waals surface area contributed by atoms with Crippen molar-refractivity contribution in [3.8, 4) is 11.5 Å². The van der Waals surface area contributed by atoms with Crippen molar-refractivity contribution in [1.82, 2.24) is 9.13 Å². The summed E-state index contributed by atoms with van der Waals surface area (Å²) < 4.78 is 13.6. The van der Waals surface area contributed by atoms with Crippen molar-refractivity contribution in [2.45, 2.75) is 13.5 Å². The highest BCUT2D eigenvalue weighted by molar-refractivity contribution is 5.39. The number of hydrogen-bond donors (Lipinski definition) is 0. The lowest BCUT2D eigenvalue weighted by Gasteiger charge is -2.12. The van der Waals surface area contributed by atoms with Crippen LogP contribution >= 0.6 is 0 Å². The van der Waals surface area contributed by atoms with Gasteiger partial charge in [0, 0.05) is 19.3 Å². The maximum atomic E-state index is 11.8. The van der Waals surface area contributed by atoms with E-state index in [-0.39, 0.29) is 24.4 Å². The molecule has 21 heavy (non-hydrogen) atoms. The molecule has 0 spiro atoms. The van der Waals surface area contributed by atoms with Gasteiger partial charge in [-0.05, 0) is 19.1 Å². The van der Waals surface area contributed by atoms with Gasteiger partial charge in [-0.25, -0.2) is 4.79 Å². The molecule has 0 saturated heterocycles. The van der Waals surface area contributed by atoms with Crippen LogP contribution in [0.5, 0.6) is 11.5 Å². The van der Waals surface area contributed by atoms with Gasteiger partial charge in [0.2, 0.25) is 0 Å². The largest absolute Gasteiger partial charge is 0.490 e. The summed E-state index contributed by atoms with van der Waals surface area (Å²) in [5.41, 5.74) is -0.691. The van der Waals surface area contributed by atoms with E-state index < -0.39 is 0 Å². The third-order valence-electron chi connectivity index (χ3n) is 2.96. The second-order valence-electron chi connectivity index (χ2n) is 4.43. The molecule has 0 aliphatic carbocycles. The standard InChI is InChI=1S/C15H18N2O4/c1-3-20-12-6-4-5-7-13(12)21-11-10-17-14(18)8-9-16(2)15(17)19/h4-9H,3,10-11H2,1-2H3. The summed E-state index contributed by atoms with van der Waals surface area (Å²) >= 11 is 0. The Balaban J connectivity index is 2.08. The molecule has 1 heterocycles. The summed E-state index contributed by atoms with van der Waals surface area (Å²) in [6.07, 6.45) is 1.45. The number of hydrogen-bond acceptors (Lipinski definition) is 4. The minimum atomic E-state index is -0.357. The van der Waals surface area contributed by atoms with Crippen molar-refractivity contribution < 1.29 is 9.47 Å². The second kappa shape index (κ2) is 6.78. The number of benzene rings is 1. The first-order valence-electron chi connectivity index (χ1n) is 6.74. The van der Waals surface area contributed by atoms with Gasteiger partial charge in [0.15, 0.2) is 11.5 Å². The van der Waals surface area contributed by atoms with Gasteiger partial charge in [0.25, 0.3) is 5.56 Å². The summed E-state index contributed by atoms with van der Waals surface area (Å²) in [5, 5.41) is 0. The zero-order valence-corrected chi connectivity index (χ0v) is 12.1. The summed E-state index contributed by atoms with van der Waals surface area (Å²) in [7, 11) is 1.60. The van der Waals surface area contributed by atoms with Gasteiger partial charge < -0.3 is 14.0 Å². The van der Waals surface area contributed by atoms with Crippen molar-refractivity contribution >= 4 is 0 Å². The van der Waals surface area contributed by atoms with E-state index in [1.54, 1.807) is 13.1 Å². The molecule has 0 N–H and O–H groups in total. The minimum absolute atomic E-state index is 0.187. The molecule has 6 heteroatoms. The molecule has 0 aliphatic rings. The number of aryl methyl sites for hydroxylation is 1. The number of ether oxygens (including phenoxy) is 2. The fraction of sp³-hybridized carbons (Fsp3) is 0.333. The highest BCUT2D eigenvalue weighted by atomic mass is 16.5. The molecule has 1 aromatic carbocycles. The zero-order chi connectivity index (χ0) is 15.2. The summed E-state index contributed by atoms with van der Waals surface area (Å²) in [6, 6.07) is 8.65. The van der Waals surface area contributed by atoms with Crippen LogP contribution in [-0.2, 0) is 13.6 Å². The summed E-state index contributed by atoms with van der Waals surface area (Å²) in [5.74, 6) is 1.24. The molecule has 0 saturated carbocycles. The van der Waals surface area contributed by atoms with Gasteiger partial charge in [-0.3, -0.25) is 9.36 Å². The van der Waals surface area contributed by atoms with Crippen LogP contribution in [0.2, 0.25) is 0 Å². The molecule has 0 amide bonds. The van der Waals surface area contributed by atoms with Gasteiger partial charge in [0.1, 0.15) is 6.61 Å². The van der Waals surface area contributed by atoms with Crippen LogP contribution < -0.4 is 20.7 Å². The van der Waals surface area contributed by atoms with E-state index in [0.29, 0.717) is 18.1 Å². The van der Waals surface area contributed by atoms with Crippen molar-refractivity contribution in [2.24, 2.45) is 7.05 Å². The highest BCUT2D eigenvalue weighted by Crippen LogP contribution is 2.26. The van der Waals surface area contributed by atoms with Gasteiger partial charge in [-0.1, -0.05) is 12.1 Å². The fourth-order valence-corrected chi connectivity index (χ4v) is 1.91. The van der Waals surface area contributed by atoms with Crippen LogP contribution in [0.15, 0.2) is 46.1 Å². The fourth-order valence-electron chi connectivity index (χ4n) is 1.91. The van der Waals surface area contributed by atoms with Crippen LogP contribution in [0.3, 0.4) is 0 Å². The van der Waals surface area contributed by atoms with Gasteiger partial charge in [0.05, 0.1) is 13.2 Å². The van der Waals surface area contributed by atoms with Gasteiger partial charge >= 0.3 is 5.69 Å². The summed E-state index contributed by atoms with van der Waals surface area (Å²) in [4.78, 5) is 23.5. The van der Waals surface area contributed by atoms with E-state index in [0.717, 1.165) is 4.57 Å². The normalized spacial score (nSPS) is 10.4. The van der Waals surface area contributed by atoms with Crippen LogP contribution in [0.1, 0.15) is 6.92 Å². The van der Waals surface area contributed by atoms with E-state index in [2.05, 4.69) is 0 Å². The lowest BCUT2D eigenvalue weighted by atomic mass is 10.3. The van der Waals surface area contributed by atoms with E-state index in [4.69, 9.17) is 9.47 Å². The third-order valence-corrected chi connectivity index (χ3v) is 2.96. The average molecular weight is 290 g/mol. The maximum Gasteiger partial charge on any atom is 0.330 e. The van der Waals surface area contributed by atoms with Gasteiger partial charge in [-0.2, -0.15) is 0 Å². The molecule has 6 nitrogen and oxygen atoms in total. The Morgan fingerprint density at radius 3 is 2.38 bits per heavy atom. The molecule has 0 bridgehead atoms. The molecule has 2 aromatic rings. The van der Waals surface area contributed by atoms with Crippen molar-refractivity contribution in [3.05, 3.63) is 57.4 Å². The molecule has 0 fully saturated rings. The SMILES string of the molecule is CCOc1ccccc1OCCn1c(=O)ccn(C)c1=O. The topological polar surface area (TPSA) is 62.5 Å². The first-order valence-corrected chi connectivity index (χ1v) is 6.74. The molecular weight excluding hydrogens is 272 g/mol. The second-order valence-corrected chi connectivity index (χ2v) is 4.43. The first kappa shape index (κ1) is 14.9. The number of nitrogens with zero attached hydrogens (tertiary/aromatic N) is 2. The van der Waals surface area contributed by atoms with E-state index >= 15 is 0 Å². The molecule has 0 aliphatic heterocycles. The van der Waals surface area contributed by atoms with E-state index in [1.807, 2.05) is 25.1 Å². The van der Waals surface area contributed by atoms with Crippen LogP contribution in [-0.4, -0.2) is 22.3 Å². The Kier molecular flexibility index (Phi) is 4.81. The van der Waals surface area contributed by atoms with Crippen LogP contribution in [0.4, 0.5) is 0 Å². The first-order chi connectivity index (χ1) is 10.1. The van der Waals surface area contributed by atoms with Crippen molar-refractivity contribution in [3.63, 3.8) is 0 Å². The van der Waals surface area contributed by atoms with Crippen LogP contribution in [0, 0.1) is 0 Å². The minimum Gasteiger partial charge on any atom is -0.490 e. The smallest absolute Gasteiger partial charge is 0.330 e. The Labute approximate surface area is 122 Å². The third kappa shape index (κ3) is 3.53. The predicted molar refractivity (Wildman–Crippen MR) is 79.0 cm³/mol. The molecule has 0 unspecified atom stereocenters. The van der Waals surface area contributed by atoms with Crippen molar-refractivity contribution in [2.75, 3.05) is 13.2 Å². The lowest BCUT2D eigenvalue weighted by Crippen LogP contribution is -2.39. The van der Waals surface area contributed by atoms with Gasteiger partial charge in [-0.15, -0.1) is 0 Å². The predicted octanol–water partition coefficient (Wildman–Crippen LogP) is 1.02. The summed E-state index contributed by atoms with van der Waals surface area (Å²) in [6.45, 7) is 2.83.